The van der Waals surface area contributed by atoms with Crippen molar-refractivity contribution in [3.8, 4) is 0 Å². The molecule has 1 aliphatic rings. The number of allylic oxidation sites excluding steroid dienone is 2. The van der Waals surface area contributed by atoms with Crippen LogP contribution in [0.15, 0.2) is 41.2 Å². The van der Waals surface area contributed by atoms with E-state index in [2.05, 4.69) is 90.1 Å². The molecule has 0 saturated carbocycles. The first-order valence-electron chi connectivity index (χ1n) is 8.76. The number of aryl methyl sites for hydroxylation is 2. The van der Waals surface area contributed by atoms with E-state index in [4.69, 9.17) is 0 Å². The molecular formula is C21H32NSi. The number of hydrogen-bond acceptors (Lipinski definition) is 1. The fourth-order valence-corrected chi connectivity index (χ4v) is 4.73. The molecule has 2 heteroatoms. The normalized spacial score (nSPS) is 19.9. The maximum Gasteiger partial charge on any atom is 0.0814 e. The van der Waals surface area contributed by atoms with Crippen molar-refractivity contribution in [2.24, 2.45) is 11.8 Å². The van der Waals surface area contributed by atoms with Crippen molar-refractivity contribution in [2.75, 3.05) is 7.05 Å². The van der Waals surface area contributed by atoms with Crippen molar-refractivity contribution < 1.29 is 0 Å². The molecule has 0 spiro atoms. The van der Waals surface area contributed by atoms with Gasteiger partial charge in [-0.25, -0.2) is 0 Å². The summed E-state index contributed by atoms with van der Waals surface area (Å²) in [5.41, 5.74) is 5.75. The molecule has 0 N–H and O–H groups in total. The highest BCUT2D eigenvalue weighted by Gasteiger charge is 2.27. The van der Waals surface area contributed by atoms with Crippen LogP contribution in [-0.4, -0.2) is 20.7 Å². The molecule has 0 aliphatic carbocycles. The Hall–Kier alpha value is -1.28. The Morgan fingerprint density at radius 1 is 1.09 bits per heavy atom. The van der Waals surface area contributed by atoms with Gasteiger partial charge in [0.1, 0.15) is 0 Å². The fourth-order valence-electron chi connectivity index (χ4n) is 3.38. The molecule has 1 aliphatic heterocycles. The number of nitrogens with zero attached hydrogens (tertiary/aromatic N) is 1. The molecule has 23 heavy (non-hydrogen) atoms. The molecule has 125 valence electrons. The lowest BCUT2D eigenvalue weighted by atomic mass is 9.85. The summed E-state index contributed by atoms with van der Waals surface area (Å²) in [6.07, 6.45) is 4.96. The van der Waals surface area contributed by atoms with Crippen molar-refractivity contribution in [1.29, 1.82) is 0 Å². The van der Waals surface area contributed by atoms with Gasteiger partial charge < -0.3 is 4.90 Å². The van der Waals surface area contributed by atoms with Crippen molar-refractivity contribution in [1.82, 2.24) is 4.90 Å². The van der Waals surface area contributed by atoms with Gasteiger partial charge in [0.15, 0.2) is 0 Å². The van der Waals surface area contributed by atoms with Gasteiger partial charge in [-0.2, -0.15) is 0 Å². The fraction of sp³-hybridized carbons (Fsp3) is 0.524. The monoisotopic (exact) mass is 326 g/mol. The molecule has 1 aromatic rings. The second-order valence-corrected chi connectivity index (χ2v) is 10.2. The average molecular weight is 327 g/mol. The van der Waals surface area contributed by atoms with Crippen molar-refractivity contribution in [3.63, 3.8) is 0 Å². The van der Waals surface area contributed by atoms with Crippen molar-refractivity contribution in [3.05, 3.63) is 57.9 Å². The predicted molar refractivity (Wildman–Crippen MR) is 104 cm³/mol. The number of rotatable bonds is 4. The number of hydrogen-bond donors (Lipinski definition) is 0. The summed E-state index contributed by atoms with van der Waals surface area (Å²) in [6, 6.07) is 7.21. The third kappa shape index (κ3) is 3.80. The summed E-state index contributed by atoms with van der Waals surface area (Å²) in [6.45, 7) is 16.3. The predicted octanol–water partition coefficient (Wildman–Crippen LogP) is 5.69. The van der Waals surface area contributed by atoms with Gasteiger partial charge in [-0.1, -0.05) is 63.7 Å². The molecule has 2 atom stereocenters. The molecule has 1 nitrogen and oxygen atoms in total. The van der Waals surface area contributed by atoms with Crippen LogP contribution in [0.1, 0.15) is 43.5 Å². The number of benzene rings is 1. The Labute approximate surface area is 144 Å². The lowest BCUT2D eigenvalue weighted by Crippen LogP contribution is -2.29. The minimum atomic E-state index is -0.464. The van der Waals surface area contributed by atoms with E-state index in [0.717, 1.165) is 0 Å². The van der Waals surface area contributed by atoms with Gasteiger partial charge in [0.2, 0.25) is 0 Å². The highest BCUT2D eigenvalue weighted by atomic mass is 28.3. The summed E-state index contributed by atoms with van der Waals surface area (Å²) < 4.78 is 0. The maximum atomic E-state index is 2.54. The molecule has 0 saturated heterocycles. The molecule has 0 aromatic heterocycles. The topological polar surface area (TPSA) is 3.24 Å². The first-order valence-corrected chi connectivity index (χ1v) is 11.3. The Morgan fingerprint density at radius 2 is 1.74 bits per heavy atom. The van der Waals surface area contributed by atoms with Gasteiger partial charge >= 0.3 is 0 Å². The lowest BCUT2D eigenvalue weighted by Gasteiger charge is -2.36. The highest BCUT2D eigenvalue weighted by Crippen LogP contribution is 2.37. The van der Waals surface area contributed by atoms with Gasteiger partial charge in [-0.3, -0.25) is 0 Å². The first-order chi connectivity index (χ1) is 10.7. The second kappa shape index (κ2) is 7.08. The van der Waals surface area contributed by atoms with E-state index < -0.39 is 8.80 Å². The molecule has 1 aromatic carbocycles. The van der Waals surface area contributed by atoms with E-state index >= 15 is 0 Å². The largest absolute Gasteiger partial charge is 0.370 e. The van der Waals surface area contributed by atoms with Gasteiger partial charge in [0.05, 0.1) is 14.8 Å². The first kappa shape index (κ1) is 18.1. The van der Waals surface area contributed by atoms with Crippen LogP contribution in [0, 0.1) is 25.7 Å². The Kier molecular flexibility index (Phi) is 5.56. The van der Waals surface area contributed by atoms with Crippen LogP contribution in [0.5, 0.6) is 0 Å². The van der Waals surface area contributed by atoms with E-state index in [9.17, 15) is 0 Å². The molecule has 0 bridgehead atoms. The lowest BCUT2D eigenvalue weighted by molar-refractivity contribution is 0.374. The summed E-state index contributed by atoms with van der Waals surface area (Å²) in [4.78, 5) is 2.40. The van der Waals surface area contributed by atoms with Crippen LogP contribution < -0.4 is 0 Å². The molecular weight excluding hydrogens is 294 g/mol. The zero-order valence-electron chi connectivity index (χ0n) is 16.1. The average Bonchev–Trinajstić information content (AvgIpc) is 2.46. The van der Waals surface area contributed by atoms with E-state index in [1.54, 1.807) is 10.8 Å². The van der Waals surface area contributed by atoms with Crippen molar-refractivity contribution in [2.45, 2.75) is 53.8 Å². The van der Waals surface area contributed by atoms with Gasteiger partial charge in [0, 0.05) is 7.05 Å². The third-order valence-electron chi connectivity index (χ3n) is 5.19. The molecule has 1 heterocycles. The van der Waals surface area contributed by atoms with Crippen LogP contribution in [0.4, 0.5) is 0 Å². The molecule has 1 radical (unpaired) electrons. The molecule has 2 rings (SSSR count). The minimum Gasteiger partial charge on any atom is -0.370 e. The van der Waals surface area contributed by atoms with E-state index in [1.165, 1.54) is 16.7 Å². The van der Waals surface area contributed by atoms with Gasteiger partial charge in [0.25, 0.3) is 0 Å². The Morgan fingerprint density at radius 3 is 2.26 bits per heavy atom. The smallest absolute Gasteiger partial charge is 0.0814 e. The zero-order chi connectivity index (χ0) is 17.3. The van der Waals surface area contributed by atoms with Crippen LogP contribution in [0.25, 0.3) is 0 Å². The summed E-state index contributed by atoms with van der Waals surface area (Å²) in [7, 11) is 1.76. The van der Waals surface area contributed by atoms with Crippen LogP contribution in [-0.2, 0) is 0 Å². The van der Waals surface area contributed by atoms with E-state index in [-0.39, 0.29) is 0 Å². The molecule has 0 fully saturated rings. The maximum absolute atomic E-state index is 2.54. The zero-order valence-corrected chi connectivity index (χ0v) is 17.1. The van der Waals surface area contributed by atoms with Crippen molar-refractivity contribution >= 4 is 8.80 Å². The quantitative estimate of drug-likeness (QED) is 0.643. The summed E-state index contributed by atoms with van der Waals surface area (Å²) in [5.74, 6) is 1.29. The highest BCUT2D eigenvalue weighted by molar-refractivity contribution is 6.65. The minimum absolute atomic E-state index is 0.358. The molecule has 0 amide bonds. The number of likely N-dealkylation sites (N-methyl/N-ethyl adjacent to an activating group) is 1. The second-order valence-electron chi connectivity index (χ2n) is 7.67. The van der Waals surface area contributed by atoms with Crippen LogP contribution in [0.3, 0.4) is 0 Å². The van der Waals surface area contributed by atoms with Gasteiger partial charge in [-0.15, -0.1) is 0 Å². The van der Waals surface area contributed by atoms with Crippen LogP contribution in [0.2, 0.25) is 13.1 Å². The molecule has 1 unspecified atom stereocenters. The Balaban J connectivity index is 2.49. The van der Waals surface area contributed by atoms with E-state index in [1.807, 2.05) is 0 Å². The summed E-state index contributed by atoms with van der Waals surface area (Å²) in [5, 5.41) is 1.60. The van der Waals surface area contributed by atoms with Gasteiger partial charge in [-0.05, 0) is 53.8 Å². The standard InChI is InChI=1S/C21H32NSi/c1-14(2)17(5)19-12-20(22(6)13-21(19)23(7)8)18-10-9-15(3)11-16(18)4/h9-14,17,20H,1-8H3/t17-,20?/m0/s1. The SMILES string of the molecule is Cc1ccc(C2C=C([C@@H](C)C(C)C)C([Si](C)C)=CN2C)c(C)c1. The Bertz CT molecular complexity index is 625. The van der Waals surface area contributed by atoms with E-state index in [0.29, 0.717) is 17.9 Å². The van der Waals surface area contributed by atoms with Crippen LogP contribution >= 0.6 is 0 Å². The third-order valence-corrected chi connectivity index (χ3v) is 6.69. The summed E-state index contributed by atoms with van der Waals surface area (Å²) >= 11 is 0.